The fourth-order valence-electron chi connectivity index (χ4n) is 3.31. The predicted molar refractivity (Wildman–Crippen MR) is 104 cm³/mol. The van der Waals surface area contributed by atoms with E-state index < -0.39 is 5.97 Å². The number of rotatable bonds is 8. The summed E-state index contributed by atoms with van der Waals surface area (Å²) in [5.74, 6) is -1.72. The number of aromatic amines is 1. The summed E-state index contributed by atoms with van der Waals surface area (Å²) in [6, 6.07) is 8.32. The van der Waals surface area contributed by atoms with Gasteiger partial charge in [0.2, 0.25) is 5.91 Å². The summed E-state index contributed by atoms with van der Waals surface area (Å²) in [7, 11) is 0. The van der Waals surface area contributed by atoms with Crippen LogP contribution in [0.5, 0.6) is 0 Å². The Kier molecular flexibility index (Phi) is 5.91. The molecule has 0 spiro atoms. The van der Waals surface area contributed by atoms with Crippen molar-refractivity contribution in [1.29, 1.82) is 0 Å². The third-order valence-electron chi connectivity index (χ3n) is 4.58. The van der Waals surface area contributed by atoms with Crippen molar-refractivity contribution in [2.45, 2.75) is 32.1 Å². The molecule has 2 aromatic heterocycles. The molecule has 1 atom stereocenters. The molecule has 0 aliphatic carbocycles. The van der Waals surface area contributed by atoms with Gasteiger partial charge in [-0.25, -0.2) is 4.39 Å². The van der Waals surface area contributed by atoms with E-state index in [1.807, 2.05) is 24.4 Å². The standard InChI is InChI=1S/C20H21FN2O3S/c1-12-15(16-11-14(21)4-5-17(16)23-12)6-7-22-19(24)9-13(10-20(25)26)18-3-2-8-27-18/h2-5,8,11,13,23H,6-7,9-10H2,1H3,(H,22,24)(H,25,26). The van der Waals surface area contributed by atoms with Gasteiger partial charge in [0.05, 0.1) is 6.42 Å². The summed E-state index contributed by atoms with van der Waals surface area (Å²) in [6.07, 6.45) is 0.632. The number of carbonyl (C=O) groups excluding carboxylic acids is 1. The normalized spacial score (nSPS) is 12.2. The Hall–Kier alpha value is -2.67. The molecule has 3 aromatic rings. The van der Waals surface area contributed by atoms with Crippen molar-refractivity contribution in [3.8, 4) is 0 Å². The lowest BCUT2D eigenvalue weighted by Crippen LogP contribution is -2.27. The average molecular weight is 388 g/mol. The molecule has 27 heavy (non-hydrogen) atoms. The van der Waals surface area contributed by atoms with Crippen molar-refractivity contribution in [3.05, 3.63) is 57.7 Å². The number of benzene rings is 1. The van der Waals surface area contributed by atoms with Crippen LogP contribution < -0.4 is 5.32 Å². The molecule has 142 valence electrons. The fourth-order valence-corrected chi connectivity index (χ4v) is 4.14. The number of nitrogens with one attached hydrogen (secondary N) is 2. The second-order valence-electron chi connectivity index (χ2n) is 6.53. The van der Waals surface area contributed by atoms with E-state index >= 15 is 0 Å². The van der Waals surface area contributed by atoms with Gasteiger partial charge in [-0.2, -0.15) is 0 Å². The maximum Gasteiger partial charge on any atom is 0.304 e. The first-order chi connectivity index (χ1) is 12.9. The second kappa shape index (κ2) is 8.35. The van der Waals surface area contributed by atoms with Crippen LogP contribution in [0.15, 0.2) is 35.7 Å². The maximum absolute atomic E-state index is 13.5. The molecule has 0 bridgehead atoms. The molecule has 0 aliphatic heterocycles. The average Bonchev–Trinajstić information content (AvgIpc) is 3.23. The summed E-state index contributed by atoms with van der Waals surface area (Å²) < 4.78 is 13.5. The molecule has 0 fully saturated rings. The molecule has 0 aliphatic rings. The van der Waals surface area contributed by atoms with Crippen LogP contribution in [0.1, 0.15) is 34.9 Å². The largest absolute Gasteiger partial charge is 0.481 e. The highest BCUT2D eigenvalue weighted by atomic mass is 32.1. The van der Waals surface area contributed by atoms with E-state index in [0.29, 0.717) is 13.0 Å². The molecule has 5 nitrogen and oxygen atoms in total. The first kappa shape index (κ1) is 19.1. The number of halogens is 1. The number of carboxylic acid groups (broad SMARTS) is 1. The summed E-state index contributed by atoms with van der Waals surface area (Å²) in [6.45, 7) is 2.34. The Morgan fingerprint density at radius 2 is 2.11 bits per heavy atom. The molecule has 0 saturated carbocycles. The van der Waals surface area contributed by atoms with Crippen LogP contribution >= 0.6 is 11.3 Å². The number of fused-ring (bicyclic) bond motifs is 1. The number of thiophene rings is 1. The molecule has 1 unspecified atom stereocenters. The topological polar surface area (TPSA) is 82.2 Å². The van der Waals surface area contributed by atoms with Crippen LogP contribution in [0.2, 0.25) is 0 Å². The highest BCUT2D eigenvalue weighted by molar-refractivity contribution is 7.10. The van der Waals surface area contributed by atoms with Crippen molar-refractivity contribution >= 4 is 34.1 Å². The minimum atomic E-state index is -0.919. The molecule has 0 saturated heterocycles. The molecule has 3 N–H and O–H groups in total. The van der Waals surface area contributed by atoms with Crippen LogP contribution in [-0.2, 0) is 16.0 Å². The summed E-state index contributed by atoms with van der Waals surface area (Å²) in [4.78, 5) is 27.5. The van der Waals surface area contributed by atoms with Gasteiger partial charge < -0.3 is 15.4 Å². The number of aromatic nitrogens is 1. The predicted octanol–water partition coefficient (Wildman–Crippen LogP) is 3.98. The lowest BCUT2D eigenvalue weighted by Gasteiger charge is -2.13. The van der Waals surface area contributed by atoms with Crippen molar-refractivity contribution in [1.82, 2.24) is 10.3 Å². The van der Waals surface area contributed by atoms with Gasteiger partial charge in [-0.3, -0.25) is 9.59 Å². The zero-order valence-corrected chi connectivity index (χ0v) is 15.7. The molecule has 3 rings (SSSR count). The van der Waals surface area contributed by atoms with E-state index in [0.717, 1.165) is 27.0 Å². The number of hydrogen-bond donors (Lipinski definition) is 3. The summed E-state index contributed by atoms with van der Waals surface area (Å²) in [5.41, 5.74) is 2.80. The van der Waals surface area contributed by atoms with Gasteiger partial charge in [-0.1, -0.05) is 6.07 Å². The zero-order chi connectivity index (χ0) is 19.4. The third kappa shape index (κ3) is 4.74. The number of amides is 1. The van der Waals surface area contributed by atoms with E-state index in [2.05, 4.69) is 10.3 Å². The van der Waals surface area contributed by atoms with E-state index in [-0.39, 0.29) is 30.5 Å². The Bertz CT molecular complexity index is 950. The Labute approximate surface area is 160 Å². The SMILES string of the molecule is Cc1[nH]c2ccc(F)cc2c1CCNC(=O)CC(CC(=O)O)c1cccs1. The molecular weight excluding hydrogens is 367 g/mol. The number of carboxylic acids is 1. The van der Waals surface area contributed by atoms with Crippen molar-refractivity contribution < 1.29 is 19.1 Å². The number of carbonyl (C=O) groups is 2. The molecule has 1 amide bonds. The minimum Gasteiger partial charge on any atom is -0.481 e. The van der Waals surface area contributed by atoms with E-state index in [1.165, 1.54) is 23.5 Å². The van der Waals surface area contributed by atoms with Gasteiger partial charge in [0.25, 0.3) is 0 Å². The van der Waals surface area contributed by atoms with Gasteiger partial charge in [0.1, 0.15) is 5.82 Å². The second-order valence-corrected chi connectivity index (χ2v) is 7.51. The minimum absolute atomic E-state index is 0.0746. The quantitative estimate of drug-likeness (QED) is 0.546. The molecule has 2 heterocycles. The van der Waals surface area contributed by atoms with E-state index in [4.69, 9.17) is 5.11 Å². The lowest BCUT2D eigenvalue weighted by atomic mass is 9.99. The highest BCUT2D eigenvalue weighted by Gasteiger charge is 2.20. The Morgan fingerprint density at radius 3 is 2.81 bits per heavy atom. The molecule has 0 radical (unpaired) electrons. The molecular formula is C20H21FN2O3S. The maximum atomic E-state index is 13.5. The third-order valence-corrected chi connectivity index (χ3v) is 5.61. The molecule has 7 heteroatoms. The number of aliphatic carboxylic acids is 1. The van der Waals surface area contributed by atoms with Crippen LogP contribution in [-0.4, -0.2) is 28.5 Å². The smallest absolute Gasteiger partial charge is 0.304 e. The zero-order valence-electron chi connectivity index (χ0n) is 14.9. The van der Waals surface area contributed by atoms with E-state index in [1.54, 1.807) is 6.07 Å². The van der Waals surface area contributed by atoms with Gasteiger partial charge in [0, 0.05) is 40.4 Å². The van der Waals surface area contributed by atoms with Crippen LogP contribution in [0.25, 0.3) is 10.9 Å². The van der Waals surface area contributed by atoms with Gasteiger partial charge in [-0.05, 0) is 48.6 Å². The number of hydrogen-bond acceptors (Lipinski definition) is 3. The van der Waals surface area contributed by atoms with Gasteiger partial charge >= 0.3 is 5.97 Å². The number of aryl methyl sites for hydroxylation is 1. The van der Waals surface area contributed by atoms with Gasteiger partial charge in [0.15, 0.2) is 0 Å². The van der Waals surface area contributed by atoms with Crippen molar-refractivity contribution in [3.63, 3.8) is 0 Å². The Balaban J connectivity index is 1.60. The molecule has 1 aromatic carbocycles. The Morgan fingerprint density at radius 1 is 1.30 bits per heavy atom. The monoisotopic (exact) mass is 388 g/mol. The fraction of sp³-hybridized carbons (Fsp3) is 0.300. The van der Waals surface area contributed by atoms with Gasteiger partial charge in [-0.15, -0.1) is 11.3 Å². The van der Waals surface area contributed by atoms with E-state index in [9.17, 15) is 14.0 Å². The van der Waals surface area contributed by atoms with Crippen molar-refractivity contribution in [2.24, 2.45) is 0 Å². The highest BCUT2D eigenvalue weighted by Crippen LogP contribution is 2.28. The number of H-pyrrole nitrogens is 1. The first-order valence-electron chi connectivity index (χ1n) is 8.72. The summed E-state index contributed by atoms with van der Waals surface area (Å²) in [5, 5.41) is 14.6. The van der Waals surface area contributed by atoms with Crippen molar-refractivity contribution in [2.75, 3.05) is 6.54 Å². The lowest BCUT2D eigenvalue weighted by molar-refractivity contribution is -0.137. The summed E-state index contributed by atoms with van der Waals surface area (Å²) >= 11 is 1.46. The van der Waals surface area contributed by atoms with Crippen LogP contribution in [0.3, 0.4) is 0 Å². The van der Waals surface area contributed by atoms with Crippen LogP contribution in [0.4, 0.5) is 4.39 Å². The first-order valence-corrected chi connectivity index (χ1v) is 9.60. The van der Waals surface area contributed by atoms with Crippen LogP contribution in [0, 0.1) is 12.7 Å².